The molecule has 0 aliphatic carbocycles. The Balaban J connectivity index is 1.54. The van der Waals surface area contributed by atoms with E-state index in [1.54, 1.807) is 0 Å². The SMILES string of the molecule is CCNCc1nc2c(N)nc3ccccc3c2n1CCCNC(=O)[C@H](CCC(=O)O)NCCCP(=O)(OCCC(C)CCCC(C)CCCC(C)CCCC(C)C)OCCC(C)CCCC(C)CCCC(C)CCCC(C)C. The van der Waals surface area contributed by atoms with Crippen LogP contribution < -0.4 is 21.7 Å². The Morgan fingerprint density at radius 1 is 0.628 bits per heavy atom. The minimum absolute atomic E-state index is 0.131. The number of nitrogen functional groups attached to an aromatic ring is 1. The number of hydrogen-bond donors (Lipinski definition) is 5. The van der Waals surface area contributed by atoms with Crippen molar-refractivity contribution in [1.82, 2.24) is 30.5 Å². The molecule has 1 aromatic carbocycles. The largest absolute Gasteiger partial charge is 0.481 e. The average molecular weight is 1110 g/mol. The van der Waals surface area contributed by atoms with Gasteiger partial charge in [0.2, 0.25) is 5.91 Å². The number of carboxylic acid groups (broad SMARTS) is 1. The van der Waals surface area contributed by atoms with E-state index in [1.165, 1.54) is 103 Å². The highest BCUT2D eigenvalue weighted by Crippen LogP contribution is 2.49. The molecule has 6 N–H and O–H groups in total. The van der Waals surface area contributed by atoms with E-state index in [-0.39, 0.29) is 24.9 Å². The standard InChI is InChI=1S/C64H116N7O6P/c1-12-66-47-59-70-61-62(56-35-13-14-36-57(56)69-63(61)65)71(59)43-21-41-68-64(74)58(37-38-60(72)73)67-42-22-46-78(75,76-44-39-54(10)33-19-31-52(8)29-17-27-50(6)25-15-23-48(2)3)77-45-40-55(11)34-20-32-53(9)30-18-28-51(7)26-16-24-49(4)5/h13-14,35-36,48-55,58,66-67H,12,15-34,37-47H2,1-11H3,(H2,65,69)(H,68,74)(H,72,73)/t50?,51?,52?,53?,54?,55?,58-,78?/m0/s1. The summed E-state index contributed by atoms with van der Waals surface area (Å²) in [4.78, 5) is 34.9. The molecule has 2 heterocycles. The molecule has 2 aromatic heterocycles. The van der Waals surface area contributed by atoms with Gasteiger partial charge in [-0.2, -0.15) is 0 Å². The quantitative estimate of drug-likeness (QED) is 0.0268. The maximum atomic E-state index is 14.5. The first kappa shape index (κ1) is 69.2. The molecule has 14 heteroatoms. The number of nitrogens with zero attached hydrogens (tertiary/aromatic N) is 3. The maximum absolute atomic E-state index is 14.5. The molecular weight excluding hydrogens is 994 g/mol. The van der Waals surface area contributed by atoms with Gasteiger partial charge in [-0.15, -0.1) is 0 Å². The summed E-state index contributed by atoms with van der Waals surface area (Å²) in [6.45, 7) is 29.0. The first-order valence-corrected chi connectivity index (χ1v) is 33.4. The minimum atomic E-state index is -3.45. The summed E-state index contributed by atoms with van der Waals surface area (Å²) in [6, 6.07) is 7.17. The van der Waals surface area contributed by atoms with E-state index >= 15 is 0 Å². The molecule has 7 atom stereocenters. The summed E-state index contributed by atoms with van der Waals surface area (Å²) >= 11 is 0. The number of benzene rings is 1. The number of imidazole rings is 1. The van der Waals surface area contributed by atoms with Gasteiger partial charge in [-0.05, 0) is 98.6 Å². The lowest BCUT2D eigenvalue weighted by atomic mass is 9.91. The van der Waals surface area contributed by atoms with Gasteiger partial charge in [0.25, 0.3) is 0 Å². The van der Waals surface area contributed by atoms with E-state index in [2.05, 4.69) is 102 Å². The number of fused-ring (bicyclic) bond motifs is 3. The van der Waals surface area contributed by atoms with Crippen LogP contribution >= 0.6 is 7.60 Å². The Bertz CT molecular complexity index is 2080. The fourth-order valence-corrected chi connectivity index (χ4v) is 12.7. The molecule has 448 valence electrons. The Morgan fingerprint density at radius 3 is 1.58 bits per heavy atom. The Morgan fingerprint density at radius 2 is 1.10 bits per heavy atom. The number of anilines is 1. The van der Waals surface area contributed by atoms with Crippen LogP contribution in [0, 0.1) is 47.3 Å². The number of carbonyl (C=O) groups excluding carboxylic acids is 1. The second-order valence-electron chi connectivity index (χ2n) is 25.2. The number of pyridine rings is 1. The van der Waals surface area contributed by atoms with Crippen molar-refractivity contribution in [2.75, 3.05) is 44.7 Å². The zero-order valence-corrected chi connectivity index (χ0v) is 52.4. The third-order valence-corrected chi connectivity index (χ3v) is 18.4. The number of aryl methyl sites for hydroxylation is 1. The minimum Gasteiger partial charge on any atom is -0.481 e. The van der Waals surface area contributed by atoms with E-state index in [0.717, 1.165) is 90.0 Å². The lowest BCUT2D eigenvalue weighted by Gasteiger charge is -2.22. The lowest BCUT2D eigenvalue weighted by Crippen LogP contribution is -2.45. The second-order valence-corrected chi connectivity index (χ2v) is 27.4. The van der Waals surface area contributed by atoms with Crippen molar-refractivity contribution in [2.45, 2.75) is 249 Å². The van der Waals surface area contributed by atoms with Crippen molar-refractivity contribution >= 4 is 47.2 Å². The van der Waals surface area contributed by atoms with Gasteiger partial charge in [0.15, 0.2) is 5.82 Å². The molecule has 0 aliphatic heterocycles. The zero-order valence-electron chi connectivity index (χ0n) is 51.5. The molecule has 0 fully saturated rings. The van der Waals surface area contributed by atoms with Crippen LogP contribution in [0.1, 0.15) is 236 Å². The topological polar surface area (TPSA) is 183 Å². The van der Waals surface area contributed by atoms with Gasteiger partial charge in [0.05, 0.1) is 43.0 Å². The number of nitrogens with two attached hydrogens (primary N) is 1. The predicted octanol–water partition coefficient (Wildman–Crippen LogP) is 16.2. The molecule has 0 saturated heterocycles. The van der Waals surface area contributed by atoms with E-state index in [4.69, 9.17) is 19.8 Å². The number of amides is 1. The number of aliphatic carboxylic acids is 1. The van der Waals surface area contributed by atoms with Crippen molar-refractivity contribution in [1.29, 1.82) is 0 Å². The Labute approximate surface area is 475 Å². The van der Waals surface area contributed by atoms with Gasteiger partial charge in [-0.25, -0.2) is 9.97 Å². The highest BCUT2D eigenvalue weighted by atomic mass is 31.2. The molecule has 0 spiro atoms. The van der Waals surface area contributed by atoms with Crippen molar-refractivity contribution in [3.63, 3.8) is 0 Å². The number of hydrogen-bond acceptors (Lipinski definition) is 10. The number of nitrogens with one attached hydrogen (secondary N) is 3. The molecule has 13 nitrogen and oxygen atoms in total. The summed E-state index contributed by atoms with van der Waals surface area (Å²) < 4.78 is 29.2. The van der Waals surface area contributed by atoms with E-state index < -0.39 is 19.6 Å². The Hall–Kier alpha value is -3.09. The molecule has 0 radical (unpaired) electrons. The number of para-hydroxylation sites is 1. The molecule has 3 aromatic rings. The molecule has 3 rings (SSSR count). The fraction of sp³-hybridized carbons (Fsp3) is 0.812. The van der Waals surface area contributed by atoms with Gasteiger partial charge < -0.3 is 40.4 Å². The number of aromatic nitrogens is 3. The number of rotatable bonds is 48. The van der Waals surface area contributed by atoms with E-state index in [9.17, 15) is 19.3 Å². The molecule has 0 saturated carbocycles. The average Bonchev–Trinajstić information content (AvgIpc) is 3.93. The highest BCUT2D eigenvalue weighted by molar-refractivity contribution is 7.53. The van der Waals surface area contributed by atoms with Crippen LogP contribution in [0.15, 0.2) is 24.3 Å². The van der Waals surface area contributed by atoms with Crippen LogP contribution in [-0.4, -0.2) is 76.6 Å². The highest BCUT2D eigenvalue weighted by Gasteiger charge is 2.27. The van der Waals surface area contributed by atoms with E-state index in [0.29, 0.717) is 75.4 Å². The molecule has 6 unspecified atom stereocenters. The lowest BCUT2D eigenvalue weighted by molar-refractivity contribution is -0.137. The van der Waals surface area contributed by atoms with E-state index in [1.807, 2.05) is 24.3 Å². The van der Waals surface area contributed by atoms with Crippen molar-refractivity contribution in [3.8, 4) is 0 Å². The van der Waals surface area contributed by atoms with Gasteiger partial charge in [0, 0.05) is 24.9 Å². The fourth-order valence-electron chi connectivity index (χ4n) is 11.1. The summed E-state index contributed by atoms with van der Waals surface area (Å²) in [6.07, 6.45) is 26.1. The number of carbonyl (C=O) groups is 2. The normalized spacial score (nSPS) is 15.7. The van der Waals surface area contributed by atoms with Crippen LogP contribution in [0.2, 0.25) is 0 Å². The van der Waals surface area contributed by atoms with Gasteiger partial charge in [-0.1, -0.05) is 210 Å². The number of carboxylic acids is 1. The van der Waals surface area contributed by atoms with Crippen LogP contribution in [0.4, 0.5) is 5.82 Å². The second kappa shape index (κ2) is 39.4. The predicted molar refractivity (Wildman–Crippen MR) is 329 cm³/mol. The van der Waals surface area contributed by atoms with Crippen molar-refractivity contribution < 1.29 is 28.3 Å². The summed E-state index contributed by atoms with van der Waals surface area (Å²) in [5, 5.41) is 20.3. The van der Waals surface area contributed by atoms with Gasteiger partial charge >= 0.3 is 13.6 Å². The smallest absolute Gasteiger partial charge is 0.330 e. The first-order valence-electron chi connectivity index (χ1n) is 31.7. The summed E-state index contributed by atoms with van der Waals surface area (Å²) in [5.74, 6) is 5.62. The summed E-state index contributed by atoms with van der Waals surface area (Å²) in [7, 11) is -3.45. The third kappa shape index (κ3) is 29.1. The molecule has 0 aliphatic rings. The van der Waals surface area contributed by atoms with Gasteiger partial charge in [-0.3, -0.25) is 14.2 Å². The van der Waals surface area contributed by atoms with Crippen LogP contribution in [0.25, 0.3) is 21.9 Å². The molecular formula is C64H116N7O6P. The zero-order chi connectivity index (χ0) is 57.3. The molecule has 0 bridgehead atoms. The molecule has 78 heavy (non-hydrogen) atoms. The monoisotopic (exact) mass is 1110 g/mol. The first-order chi connectivity index (χ1) is 37.3. The van der Waals surface area contributed by atoms with Crippen molar-refractivity contribution in [3.05, 3.63) is 30.1 Å². The molecule has 1 amide bonds. The van der Waals surface area contributed by atoms with Crippen LogP contribution in [0.3, 0.4) is 0 Å². The van der Waals surface area contributed by atoms with Crippen LogP contribution in [0.5, 0.6) is 0 Å². The van der Waals surface area contributed by atoms with Gasteiger partial charge in [0.1, 0.15) is 11.3 Å². The van der Waals surface area contributed by atoms with Crippen molar-refractivity contribution in [2.24, 2.45) is 47.3 Å². The van der Waals surface area contributed by atoms with Crippen LogP contribution in [-0.2, 0) is 36.3 Å². The maximum Gasteiger partial charge on any atom is 0.330 e. The summed E-state index contributed by atoms with van der Waals surface area (Å²) in [5.41, 5.74) is 8.79. The Kier molecular flexibility index (Phi) is 34.9. The third-order valence-electron chi connectivity index (χ3n) is 16.4.